The Morgan fingerprint density at radius 1 is 1.27 bits per heavy atom. The zero-order valence-corrected chi connectivity index (χ0v) is 17.4. The van der Waals surface area contributed by atoms with Crippen LogP contribution in [0, 0.1) is 6.92 Å². The highest BCUT2D eigenvalue weighted by Gasteiger charge is 2.30. The third-order valence-electron chi connectivity index (χ3n) is 5.48. The maximum atomic E-state index is 13.0. The Morgan fingerprint density at radius 2 is 2.07 bits per heavy atom. The number of quaternary nitrogens is 1. The van der Waals surface area contributed by atoms with Crippen LogP contribution in [0.25, 0.3) is 10.8 Å². The predicted molar refractivity (Wildman–Crippen MR) is 118 cm³/mol. The van der Waals surface area contributed by atoms with Gasteiger partial charge in [-0.25, -0.2) is 0 Å². The second-order valence-electron chi connectivity index (χ2n) is 7.86. The Morgan fingerprint density at radius 3 is 2.80 bits per heavy atom. The number of hydrogen-bond acceptors (Lipinski definition) is 2. The van der Waals surface area contributed by atoms with E-state index in [0.717, 1.165) is 41.4 Å². The minimum atomic E-state index is -0.626. The number of carbonyl (C=O) groups is 2. The molecular weight excluding hydrogens is 380 g/mol. The van der Waals surface area contributed by atoms with Crippen LogP contribution in [0.5, 0.6) is 0 Å². The highest BCUT2D eigenvalue weighted by atomic mass is 16.2. The van der Waals surface area contributed by atoms with E-state index in [-0.39, 0.29) is 23.8 Å². The maximum Gasteiger partial charge on any atom is 0.338 e. The second-order valence-corrected chi connectivity index (χ2v) is 7.86. The molecule has 2 aromatic carbocycles. The van der Waals surface area contributed by atoms with Gasteiger partial charge in [0.05, 0.1) is 13.1 Å². The first kappa shape index (κ1) is 21.6. The third-order valence-corrected chi connectivity index (χ3v) is 5.48. The number of carbonyl (C=O) groups excluding carboxylic acids is 2. The van der Waals surface area contributed by atoms with Gasteiger partial charge in [-0.15, -0.1) is 0 Å². The van der Waals surface area contributed by atoms with Gasteiger partial charge in [0.25, 0.3) is 5.91 Å². The number of hydrogen-bond donors (Lipinski definition) is 6. The molecule has 2 aromatic rings. The van der Waals surface area contributed by atoms with E-state index >= 15 is 0 Å². The van der Waals surface area contributed by atoms with Gasteiger partial charge in [-0.3, -0.25) is 26.0 Å². The summed E-state index contributed by atoms with van der Waals surface area (Å²) < 4.78 is 0. The number of nitrogens with one attached hydrogen (secondary N) is 3. The zero-order valence-electron chi connectivity index (χ0n) is 17.4. The van der Waals surface area contributed by atoms with E-state index in [2.05, 4.69) is 21.7 Å². The molecule has 0 spiro atoms. The SMILES string of the molecule is Cc1cc(NC(=O)[C@H](CCC[NH+]=C(N)N)NC(=O)[C@@H]2CCC[NH2+]2)cc2ccccc12. The van der Waals surface area contributed by atoms with E-state index in [1.165, 1.54) is 0 Å². The summed E-state index contributed by atoms with van der Waals surface area (Å²) in [4.78, 5) is 28.5. The van der Waals surface area contributed by atoms with E-state index in [4.69, 9.17) is 11.5 Å². The van der Waals surface area contributed by atoms with Crippen molar-refractivity contribution in [3.63, 3.8) is 0 Å². The molecule has 2 amide bonds. The molecule has 30 heavy (non-hydrogen) atoms. The smallest absolute Gasteiger partial charge is 0.338 e. The van der Waals surface area contributed by atoms with Crippen molar-refractivity contribution in [1.82, 2.24) is 5.32 Å². The molecule has 1 saturated heterocycles. The van der Waals surface area contributed by atoms with Gasteiger partial charge in [0, 0.05) is 18.5 Å². The van der Waals surface area contributed by atoms with Gasteiger partial charge in [-0.05, 0) is 48.2 Å². The molecule has 1 fully saturated rings. The number of benzene rings is 2. The topological polar surface area (TPSA) is 141 Å². The number of rotatable bonds is 8. The standard InChI is InChI=1S/C22H30N6O2/c1-14-12-16(13-15-6-2-3-7-17(14)15)27-21(30)19(9-5-11-26-22(23)24)28-20(29)18-8-4-10-25-18/h2-3,6-7,12-13,18-19,25H,4-5,8-11H2,1H3,(H,27,30)(H,28,29)(H4,23,24,26)/p+2/t18-,19-/m0/s1. The molecule has 0 unspecified atom stereocenters. The number of amides is 2. The maximum absolute atomic E-state index is 13.0. The molecule has 0 bridgehead atoms. The van der Waals surface area contributed by atoms with Crippen LogP contribution in [-0.4, -0.2) is 42.9 Å². The van der Waals surface area contributed by atoms with Gasteiger partial charge in [0.15, 0.2) is 6.04 Å². The minimum absolute atomic E-state index is 0.0831. The largest absolute Gasteiger partial charge is 0.339 e. The average Bonchev–Trinajstić information content (AvgIpc) is 3.25. The van der Waals surface area contributed by atoms with Crippen molar-refractivity contribution in [3.05, 3.63) is 42.0 Å². The lowest BCUT2D eigenvalue weighted by Gasteiger charge is -2.20. The average molecular weight is 413 g/mol. The molecule has 160 valence electrons. The molecule has 0 aliphatic carbocycles. The summed E-state index contributed by atoms with van der Waals surface area (Å²) in [5.74, 6) is -0.159. The predicted octanol–water partition coefficient (Wildman–Crippen LogP) is -1.57. The first-order valence-corrected chi connectivity index (χ1v) is 10.5. The number of anilines is 1. The molecule has 1 aliphatic heterocycles. The number of nitrogens with two attached hydrogens (primary N) is 3. The van der Waals surface area contributed by atoms with Crippen molar-refractivity contribution >= 4 is 34.2 Å². The van der Waals surface area contributed by atoms with Gasteiger partial charge >= 0.3 is 5.96 Å². The molecule has 3 rings (SSSR count). The van der Waals surface area contributed by atoms with Crippen molar-refractivity contribution in [2.24, 2.45) is 11.5 Å². The van der Waals surface area contributed by atoms with Gasteiger partial charge in [-0.2, -0.15) is 0 Å². The summed E-state index contributed by atoms with van der Waals surface area (Å²) in [7, 11) is 0. The molecule has 1 heterocycles. The summed E-state index contributed by atoms with van der Waals surface area (Å²) in [6.07, 6.45) is 2.98. The molecule has 9 N–H and O–H groups in total. The lowest BCUT2D eigenvalue weighted by Crippen LogP contribution is -2.89. The number of fused-ring (bicyclic) bond motifs is 1. The lowest BCUT2D eigenvalue weighted by molar-refractivity contribution is -0.657. The molecular formula is C22H32N6O2+2. The van der Waals surface area contributed by atoms with Gasteiger partial charge in [-0.1, -0.05) is 24.3 Å². The van der Waals surface area contributed by atoms with Gasteiger partial charge < -0.3 is 16.0 Å². The van der Waals surface area contributed by atoms with Crippen LogP contribution in [0.2, 0.25) is 0 Å². The molecule has 0 radical (unpaired) electrons. The Balaban J connectivity index is 1.71. The normalized spacial score (nSPS) is 16.8. The van der Waals surface area contributed by atoms with Crippen molar-refractivity contribution in [2.45, 2.75) is 44.7 Å². The molecule has 0 saturated carbocycles. The Labute approximate surface area is 176 Å². The third kappa shape index (κ3) is 5.70. The summed E-state index contributed by atoms with van der Waals surface area (Å²) in [6.45, 7) is 3.50. The van der Waals surface area contributed by atoms with Crippen molar-refractivity contribution < 1.29 is 19.9 Å². The fourth-order valence-corrected chi connectivity index (χ4v) is 3.90. The Kier molecular flexibility index (Phi) is 7.24. The van der Waals surface area contributed by atoms with Crippen LogP contribution >= 0.6 is 0 Å². The van der Waals surface area contributed by atoms with Crippen LogP contribution in [0.1, 0.15) is 31.2 Å². The van der Waals surface area contributed by atoms with E-state index < -0.39 is 6.04 Å². The van der Waals surface area contributed by atoms with Crippen molar-refractivity contribution in [2.75, 3.05) is 18.4 Å². The van der Waals surface area contributed by atoms with Gasteiger partial charge in [0.1, 0.15) is 6.04 Å². The molecule has 1 aliphatic rings. The van der Waals surface area contributed by atoms with Crippen LogP contribution in [-0.2, 0) is 9.59 Å². The number of aryl methyl sites for hydroxylation is 1. The first-order valence-electron chi connectivity index (χ1n) is 10.5. The van der Waals surface area contributed by atoms with Crippen LogP contribution in [0.4, 0.5) is 5.69 Å². The Hall–Kier alpha value is -3.13. The minimum Gasteiger partial charge on any atom is -0.339 e. The highest BCUT2D eigenvalue weighted by molar-refractivity contribution is 6.00. The number of guanidine groups is 1. The van der Waals surface area contributed by atoms with Crippen LogP contribution in [0.3, 0.4) is 0 Å². The quantitative estimate of drug-likeness (QED) is 0.177. The van der Waals surface area contributed by atoms with E-state index in [1.54, 1.807) is 0 Å². The second kappa shape index (κ2) is 10.1. The summed E-state index contributed by atoms with van der Waals surface area (Å²) in [5.41, 5.74) is 12.7. The van der Waals surface area contributed by atoms with Crippen molar-refractivity contribution in [3.8, 4) is 0 Å². The lowest BCUT2D eigenvalue weighted by atomic mass is 10.0. The summed E-state index contributed by atoms with van der Waals surface area (Å²) >= 11 is 0. The Bertz CT molecular complexity index is 932. The first-order chi connectivity index (χ1) is 14.4. The van der Waals surface area contributed by atoms with E-state index in [9.17, 15) is 9.59 Å². The van der Waals surface area contributed by atoms with Crippen molar-refractivity contribution in [1.29, 1.82) is 0 Å². The zero-order chi connectivity index (χ0) is 21.5. The van der Waals surface area contributed by atoms with Gasteiger partial charge in [0.2, 0.25) is 5.91 Å². The monoisotopic (exact) mass is 412 g/mol. The van der Waals surface area contributed by atoms with E-state index in [1.807, 2.05) is 42.6 Å². The fourth-order valence-electron chi connectivity index (χ4n) is 3.90. The van der Waals surface area contributed by atoms with E-state index in [0.29, 0.717) is 19.4 Å². The van der Waals surface area contributed by atoms with Crippen LogP contribution < -0.4 is 32.4 Å². The molecule has 8 heteroatoms. The molecule has 8 nitrogen and oxygen atoms in total. The fraction of sp³-hybridized carbons (Fsp3) is 0.409. The van der Waals surface area contributed by atoms with Crippen LogP contribution in [0.15, 0.2) is 36.4 Å². The molecule has 0 aromatic heterocycles. The summed E-state index contributed by atoms with van der Waals surface area (Å²) in [6, 6.07) is 11.2. The highest BCUT2D eigenvalue weighted by Crippen LogP contribution is 2.23. The summed E-state index contributed by atoms with van der Waals surface area (Å²) in [5, 5.41) is 10.2. The molecule has 2 atom stereocenters.